The summed E-state index contributed by atoms with van der Waals surface area (Å²) < 4.78 is 5.64. The Bertz CT molecular complexity index is 827. The third kappa shape index (κ3) is 1.76. The van der Waals surface area contributed by atoms with Gasteiger partial charge >= 0.3 is 5.63 Å². The van der Waals surface area contributed by atoms with Crippen LogP contribution < -0.4 is 5.63 Å². The highest BCUT2D eigenvalue weighted by Crippen LogP contribution is 2.45. The molecule has 0 bridgehead atoms. The van der Waals surface area contributed by atoms with E-state index in [1.165, 1.54) is 0 Å². The van der Waals surface area contributed by atoms with E-state index in [4.69, 9.17) is 4.42 Å². The van der Waals surface area contributed by atoms with Crippen molar-refractivity contribution in [3.63, 3.8) is 0 Å². The van der Waals surface area contributed by atoms with Gasteiger partial charge in [-0.1, -0.05) is 48.5 Å². The molecule has 2 nitrogen and oxygen atoms in total. The quantitative estimate of drug-likeness (QED) is 0.687. The minimum Gasteiger partial charge on any atom is -0.426 e. The first-order chi connectivity index (χ1) is 9.84. The van der Waals surface area contributed by atoms with E-state index in [-0.39, 0.29) is 5.63 Å². The Morgan fingerprint density at radius 2 is 1.50 bits per heavy atom. The Hall–Kier alpha value is -2.35. The van der Waals surface area contributed by atoms with Crippen molar-refractivity contribution in [1.29, 1.82) is 0 Å². The van der Waals surface area contributed by atoms with Gasteiger partial charge < -0.3 is 4.42 Å². The Kier molecular flexibility index (Phi) is 2.49. The molecule has 1 saturated carbocycles. The molecule has 0 amide bonds. The molecule has 4 rings (SSSR count). The zero-order valence-corrected chi connectivity index (χ0v) is 11.0. The molecule has 0 saturated heterocycles. The van der Waals surface area contributed by atoms with Crippen LogP contribution in [-0.4, -0.2) is 0 Å². The lowest BCUT2D eigenvalue weighted by molar-refractivity contribution is 0.471. The van der Waals surface area contributed by atoms with Crippen molar-refractivity contribution in [3.05, 3.63) is 70.8 Å². The summed E-state index contributed by atoms with van der Waals surface area (Å²) in [5.41, 5.74) is 1.99. The molecular formula is C18H14O2. The van der Waals surface area contributed by atoms with Crippen LogP contribution in [0.5, 0.6) is 0 Å². The monoisotopic (exact) mass is 262 g/mol. The first kappa shape index (κ1) is 11.5. The highest BCUT2D eigenvalue weighted by Gasteiger charge is 2.31. The van der Waals surface area contributed by atoms with E-state index in [1.54, 1.807) is 0 Å². The molecular weight excluding hydrogens is 248 g/mol. The predicted molar refractivity (Wildman–Crippen MR) is 79.9 cm³/mol. The fourth-order valence-corrected chi connectivity index (χ4v) is 2.75. The molecule has 1 aromatic heterocycles. The lowest BCUT2D eigenvalue weighted by Crippen LogP contribution is -2.04. The molecule has 2 aromatic carbocycles. The van der Waals surface area contributed by atoms with E-state index in [0.717, 1.165) is 35.1 Å². The van der Waals surface area contributed by atoms with Crippen LogP contribution in [-0.2, 0) is 0 Å². The minimum absolute atomic E-state index is 0.220. The maximum Gasteiger partial charge on any atom is 0.343 e. The number of hydrogen-bond acceptors (Lipinski definition) is 2. The van der Waals surface area contributed by atoms with Gasteiger partial charge in [-0.3, -0.25) is 0 Å². The summed E-state index contributed by atoms with van der Waals surface area (Å²) in [5.74, 6) is 1.27. The van der Waals surface area contributed by atoms with Crippen LogP contribution in [0.2, 0.25) is 0 Å². The fraction of sp³-hybridized carbons (Fsp3) is 0.167. The smallest absolute Gasteiger partial charge is 0.343 e. The third-order valence-electron chi connectivity index (χ3n) is 3.88. The predicted octanol–water partition coefficient (Wildman–Crippen LogP) is 4.34. The molecule has 1 aliphatic carbocycles. The van der Waals surface area contributed by atoms with Crippen LogP contribution in [0.25, 0.3) is 21.9 Å². The number of hydrogen-bond donors (Lipinski definition) is 0. The summed E-state index contributed by atoms with van der Waals surface area (Å²) in [6, 6.07) is 17.9. The molecule has 1 aliphatic rings. The molecule has 1 heterocycles. The van der Waals surface area contributed by atoms with Crippen molar-refractivity contribution in [2.45, 2.75) is 18.8 Å². The fourth-order valence-electron chi connectivity index (χ4n) is 2.75. The van der Waals surface area contributed by atoms with E-state index in [0.29, 0.717) is 11.3 Å². The largest absolute Gasteiger partial charge is 0.426 e. The second-order valence-corrected chi connectivity index (χ2v) is 5.31. The second-order valence-electron chi connectivity index (χ2n) is 5.31. The van der Waals surface area contributed by atoms with Crippen LogP contribution in [0.15, 0.2) is 63.8 Å². The van der Waals surface area contributed by atoms with E-state index in [2.05, 4.69) is 12.1 Å². The summed E-state index contributed by atoms with van der Waals surface area (Å²) in [7, 11) is 0. The lowest BCUT2D eigenvalue weighted by atomic mass is 9.97. The molecule has 0 spiro atoms. The van der Waals surface area contributed by atoms with Crippen LogP contribution in [0, 0.1) is 0 Å². The molecule has 0 aliphatic heterocycles. The zero-order valence-electron chi connectivity index (χ0n) is 11.0. The van der Waals surface area contributed by atoms with Crippen molar-refractivity contribution >= 4 is 10.8 Å². The SMILES string of the molecule is O=c1oc(C2CC2)c(-c2ccccc2)c2ccccc12. The van der Waals surface area contributed by atoms with Crippen molar-refractivity contribution in [2.75, 3.05) is 0 Å². The van der Waals surface area contributed by atoms with Crippen molar-refractivity contribution < 1.29 is 4.42 Å². The van der Waals surface area contributed by atoms with Gasteiger partial charge in [-0.15, -0.1) is 0 Å². The molecule has 98 valence electrons. The Labute approximate surface area is 116 Å². The highest BCUT2D eigenvalue weighted by atomic mass is 16.4. The van der Waals surface area contributed by atoms with E-state index >= 15 is 0 Å². The summed E-state index contributed by atoms with van der Waals surface area (Å²) >= 11 is 0. The average Bonchev–Trinajstić information content (AvgIpc) is 3.33. The van der Waals surface area contributed by atoms with Crippen LogP contribution >= 0.6 is 0 Å². The Balaban J connectivity index is 2.13. The van der Waals surface area contributed by atoms with Gasteiger partial charge in [-0.25, -0.2) is 4.79 Å². The second kappa shape index (κ2) is 4.34. The summed E-state index contributed by atoms with van der Waals surface area (Å²) in [5, 5.41) is 1.66. The normalized spacial score (nSPS) is 14.6. The number of fused-ring (bicyclic) bond motifs is 1. The van der Waals surface area contributed by atoms with Gasteiger partial charge in [0.15, 0.2) is 0 Å². The third-order valence-corrected chi connectivity index (χ3v) is 3.88. The van der Waals surface area contributed by atoms with Gasteiger partial charge in [-0.05, 0) is 24.5 Å². The molecule has 0 unspecified atom stereocenters. The van der Waals surface area contributed by atoms with Gasteiger partial charge in [0.1, 0.15) is 5.76 Å². The maximum atomic E-state index is 12.1. The van der Waals surface area contributed by atoms with E-state index in [9.17, 15) is 4.79 Å². The summed E-state index contributed by atoms with van der Waals surface area (Å²) in [6.07, 6.45) is 2.22. The van der Waals surface area contributed by atoms with Crippen LogP contribution in [0.1, 0.15) is 24.5 Å². The van der Waals surface area contributed by atoms with Gasteiger partial charge in [0, 0.05) is 16.9 Å². The zero-order chi connectivity index (χ0) is 13.5. The minimum atomic E-state index is -0.220. The van der Waals surface area contributed by atoms with Crippen LogP contribution in [0.4, 0.5) is 0 Å². The molecule has 0 radical (unpaired) electrons. The maximum absolute atomic E-state index is 12.1. The van der Waals surface area contributed by atoms with Crippen molar-refractivity contribution in [2.24, 2.45) is 0 Å². The first-order valence-electron chi connectivity index (χ1n) is 6.96. The molecule has 3 aromatic rings. The molecule has 1 fully saturated rings. The topological polar surface area (TPSA) is 30.2 Å². The number of rotatable bonds is 2. The Morgan fingerprint density at radius 3 is 2.20 bits per heavy atom. The summed E-state index contributed by atoms with van der Waals surface area (Å²) in [6.45, 7) is 0. The molecule has 0 atom stereocenters. The lowest BCUT2D eigenvalue weighted by Gasteiger charge is -2.11. The molecule has 2 heteroatoms. The average molecular weight is 262 g/mol. The summed E-state index contributed by atoms with van der Waals surface area (Å²) in [4.78, 5) is 12.1. The van der Waals surface area contributed by atoms with Gasteiger partial charge in [0.25, 0.3) is 0 Å². The van der Waals surface area contributed by atoms with Crippen molar-refractivity contribution in [3.8, 4) is 11.1 Å². The van der Waals surface area contributed by atoms with Gasteiger partial charge in [-0.2, -0.15) is 0 Å². The molecule has 0 N–H and O–H groups in total. The van der Waals surface area contributed by atoms with Crippen LogP contribution in [0.3, 0.4) is 0 Å². The highest BCUT2D eigenvalue weighted by molar-refractivity contribution is 5.96. The Morgan fingerprint density at radius 1 is 0.850 bits per heavy atom. The first-order valence-corrected chi connectivity index (χ1v) is 6.96. The molecule has 20 heavy (non-hydrogen) atoms. The standard InChI is InChI=1S/C18H14O2/c19-18-15-9-5-4-8-14(15)16(12-6-2-1-3-7-12)17(20-18)13-10-11-13/h1-9,13H,10-11H2. The van der Waals surface area contributed by atoms with Gasteiger partial charge in [0.2, 0.25) is 0 Å². The van der Waals surface area contributed by atoms with Crippen molar-refractivity contribution in [1.82, 2.24) is 0 Å². The van der Waals surface area contributed by atoms with E-state index in [1.807, 2.05) is 42.5 Å². The number of benzene rings is 2. The van der Waals surface area contributed by atoms with Gasteiger partial charge in [0.05, 0.1) is 5.39 Å². The van der Waals surface area contributed by atoms with E-state index < -0.39 is 0 Å².